The monoisotopic (exact) mass is 262 g/mol. The van der Waals surface area contributed by atoms with Crippen molar-refractivity contribution in [2.24, 2.45) is 0 Å². The summed E-state index contributed by atoms with van der Waals surface area (Å²) in [6.07, 6.45) is 3.35. The van der Waals surface area contributed by atoms with E-state index in [0.29, 0.717) is 17.4 Å². The van der Waals surface area contributed by atoms with Crippen molar-refractivity contribution >= 4 is 10.9 Å². The number of rotatable bonds is 6. The smallest absolute Gasteiger partial charge is 0.132 e. The van der Waals surface area contributed by atoms with Crippen LogP contribution in [0.2, 0.25) is 0 Å². The van der Waals surface area contributed by atoms with Crippen molar-refractivity contribution in [1.82, 2.24) is 10.3 Å². The van der Waals surface area contributed by atoms with Gasteiger partial charge in [0.25, 0.3) is 0 Å². The minimum Gasteiger partial charge on any atom is -0.396 e. The van der Waals surface area contributed by atoms with Gasteiger partial charge < -0.3 is 10.4 Å². The van der Waals surface area contributed by atoms with Crippen molar-refractivity contribution < 1.29 is 9.50 Å². The van der Waals surface area contributed by atoms with E-state index in [0.717, 1.165) is 18.4 Å². The fourth-order valence-corrected chi connectivity index (χ4v) is 2.20. The maximum absolute atomic E-state index is 13.7. The molecule has 0 bridgehead atoms. The van der Waals surface area contributed by atoms with Crippen molar-refractivity contribution in [3.05, 3.63) is 41.8 Å². The van der Waals surface area contributed by atoms with E-state index in [-0.39, 0.29) is 18.5 Å². The lowest BCUT2D eigenvalue weighted by molar-refractivity contribution is 0.262. The first-order chi connectivity index (χ1) is 9.26. The Hall–Kier alpha value is -1.52. The fraction of sp³-hybridized carbons (Fsp3) is 0.400. The molecule has 2 aromatic rings. The van der Waals surface area contributed by atoms with Gasteiger partial charge in [0, 0.05) is 30.8 Å². The number of nitrogens with one attached hydrogen (secondary N) is 1. The fourth-order valence-electron chi connectivity index (χ4n) is 2.20. The SMILES string of the molecule is CCC(CCO)NCc1ccc(F)c2cccnc12. The molecule has 0 aliphatic rings. The molecule has 3 nitrogen and oxygen atoms in total. The zero-order chi connectivity index (χ0) is 13.7. The van der Waals surface area contributed by atoms with Crippen LogP contribution in [0.4, 0.5) is 4.39 Å². The molecular formula is C15H19FN2O. The summed E-state index contributed by atoms with van der Waals surface area (Å²) >= 11 is 0. The summed E-state index contributed by atoms with van der Waals surface area (Å²) in [5, 5.41) is 12.9. The largest absolute Gasteiger partial charge is 0.396 e. The molecule has 1 aromatic carbocycles. The molecule has 19 heavy (non-hydrogen) atoms. The summed E-state index contributed by atoms with van der Waals surface area (Å²) in [6.45, 7) is 2.88. The van der Waals surface area contributed by atoms with Crippen molar-refractivity contribution in [3.8, 4) is 0 Å². The maximum atomic E-state index is 13.7. The first-order valence-corrected chi connectivity index (χ1v) is 6.62. The van der Waals surface area contributed by atoms with E-state index >= 15 is 0 Å². The van der Waals surface area contributed by atoms with Gasteiger partial charge in [0.1, 0.15) is 5.82 Å². The van der Waals surface area contributed by atoms with Crippen molar-refractivity contribution in [1.29, 1.82) is 0 Å². The molecule has 0 aliphatic heterocycles. The number of aliphatic hydroxyl groups is 1. The van der Waals surface area contributed by atoms with Crippen LogP contribution in [0.5, 0.6) is 0 Å². The van der Waals surface area contributed by atoms with Crippen LogP contribution >= 0.6 is 0 Å². The molecule has 2 rings (SSSR count). The Morgan fingerprint density at radius 1 is 1.37 bits per heavy atom. The summed E-state index contributed by atoms with van der Waals surface area (Å²) in [5.74, 6) is -0.241. The Morgan fingerprint density at radius 3 is 2.95 bits per heavy atom. The van der Waals surface area contributed by atoms with Crippen molar-refractivity contribution in [3.63, 3.8) is 0 Å². The third kappa shape index (κ3) is 3.28. The molecule has 1 unspecified atom stereocenters. The minimum atomic E-state index is -0.241. The number of aliphatic hydroxyl groups excluding tert-OH is 1. The van der Waals surface area contributed by atoms with E-state index in [4.69, 9.17) is 5.11 Å². The zero-order valence-electron chi connectivity index (χ0n) is 11.1. The Kier molecular flexibility index (Phi) is 4.82. The second kappa shape index (κ2) is 6.59. The van der Waals surface area contributed by atoms with Crippen molar-refractivity contribution in [2.75, 3.05) is 6.61 Å². The molecule has 0 aliphatic carbocycles. The lowest BCUT2D eigenvalue weighted by atomic mass is 10.1. The first-order valence-electron chi connectivity index (χ1n) is 6.62. The normalized spacial score (nSPS) is 12.8. The van der Waals surface area contributed by atoms with E-state index < -0.39 is 0 Å². The number of hydrogen-bond donors (Lipinski definition) is 2. The van der Waals surface area contributed by atoms with Gasteiger partial charge >= 0.3 is 0 Å². The predicted octanol–water partition coefficient (Wildman–Crippen LogP) is 2.62. The van der Waals surface area contributed by atoms with Gasteiger partial charge in [-0.2, -0.15) is 0 Å². The van der Waals surface area contributed by atoms with Crippen LogP contribution < -0.4 is 5.32 Å². The molecule has 102 valence electrons. The van der Waals surface area contributed by atoms with Gasteiger partial charge in [0.05, 0.1) is 5.52 Å². The highest BCUT2D eigenvalue weighted by molar-refractivity contribution is 5.82. The molecule has 0 amide bonds. The van der Waals surface area contributed by atoms with Crippen molar-refractivity contribution in [2.45, 2.75) is 32.4 Å². The van der Waals surface area contributed by atoms with Crippen LogP contribution in [0.1, 0.15) is 25.3 Å². The standard InChI is InChI=1S/C15H19FN2O/c1-2-12(7-9-19)18-10-11-5-6-14(16)13-4-3-8-17-15(11)13/h3-6,8,12,18-19H,2,7,9-10H2,1H3. The van der Waals surface area contributed by atoms with Gasteiger partial charge in [-0.1, -0.05) is 13.0 Å². The van der Waals surface area contributed by atoms with E-state index in [9.17, 15) is 4.39 Å². The molecule has 4 heteroatoms. The number of hydrogen-bond acceptors (Lipinski definition) is 3. The van der Waals surface area contributed by atoms with E-state index in [2.05, 4.69) is 17.2 Å². The van der Waals surface area contributed by atoms with E-state index in [1.54, 1.807) is 24.4 Å². The number of pyridine rings is 1. The lowest BCUT2D eigenvalue weighted by Gasteiger charge is -2.16. The van der Waals surface area contributed by atoms with Gasteiger partial charge in [-0.15, -0.1) is 0 Å². The van der Waals surface area contributed by atoms with Gasteiger partial charge in [-0.25, -0.2) is 4.39 Å². The van der Waals surface area contributed by atoms with Crippen LogP contribution in [0.15, 0.2) is 30.5 Å². The first kappa shape index (κ1) is 13.9. The topological polar surface area (TPSA) is 45.1 Å². The van der Waals surface area contributed by atoms with Crippen LogP contribution in [0, 0.1) is 5.82 Å². The van der Waals surface area contributed by atoms with Crippen LogP contribution in [0.25, 0.3) is 10.9 Å². The number of nitrogens with zero attached hydrogens (tertiary/aromatic N) is 1. The number of benzene rings is 1. The minimum absolute atomic E-state index is 0.175. The maximum Gasteiger partial charge on any atom is 0.132 e. The number of halogens is 1. The Labute approximate surface area is 112 Å². The highest BCUT2D eigenvalue weighted by Crippen LogP contribution is 2.19. The molecule has 1 heterocycles. The molecule has 0 saturated carbocycles. The summed E-state index contributed by atoms with van der Waals surface area (Å²) in [6, 6.07) is 7.00. The quantitative estimate of drug-likeness (QED) is 0.841. The Bertz CT molecular complexity index is 545. The molecule has 0 spiro atoms. The van der Waals surface area contributed by atoms with Gasteiger partial charge in [-0.05, 0) is 36.6 Å². The molecule has 0 saturated heterocycles. The Morgan fingerprint density at radius 2 is 2.21 bits per heavy atom. The molecule has 1 aromatic heterocycles. The highest BCUT2D eigenvalue weighted by Gasteiger charge is 2.09. The lowest BCUT2D eigenvalue weighted by Crippen LogP contribution is -2.29. The average Bonchev–Trinajstić information content (AvgIpc) is 2.45. The third-order valence-corrected chi connectivity index (χ3v) is 3.35. The van der Waals surface area contributed by atoms with Crippen LogP contribution in [-0.2, 0) is 6.54 Å². The second-order valence-corrected chi connectivity index (χ2v) is 4.60. The molecule has 0 radical (unpaired) electrons. The molecular weight excluding hydrogens is 243 g/mol. The van der Waals surface area contributed by atoms with Gasteiger partial charge in [0.2, 0.25) is 0 Å². The summed E-state index contributed by atoms with van der Waals surface area (Å²) in [5.41, 5.74) is 1.68. The molecule has 0 fully saturated rings. The van der Waals surface area contributed by atoms with E-state index in [1.807, 2.05) is 0 Å². The number of aromatic nitrogens is 1. The molecule has 2 N–H and O–H groups in total. The highest BCUT2D eigenvalue weighted by atomic mass is 19.1. The van der Waals surface area contributed by atoms with Crippen LogP contribution in [0.3, 0.4) is 0 Å². The molecule has 1 atom stereocenters. The summed E-state index contributed by atoms with van der Waals surface area (Å²) in [7, 11) is 0. The van der Waals surface area contributed by atoms with E-state index in [1.165, 1.54) is 6.07 Å². The van der Waals surface area contributed by atoms with Crippen LogP contribution in [-0.4, -0.2) is 22.7 Å². The summed E-state index contributed by atoms with van der Waals surface area (Å²) < 4.78 is 13.7. The van der Waals surface area contributed by atoms with Gasteiger partial charge in [-0.3, -0.25) is 4.98 Å². The zero-order valence-corrected chi connectivity index (χ0v) is 11.1. The second-order valence-electron chi connectivity index (χ2n) is 4.60. The number of fused-ring (bicyclic) bond motifs is 1. The predicted molar refractivity (Wildman–Crippen MR) is 74.3 cm³/mol. The Balaban J connectivity index is 2.19. The third-order valence-electron chi connectivity index (χ3n) is 3.35. The average molecular weight is 262 g/mol. The van der Waals surface area contributed by atoms with Gasteiger partial charge in [0.15, 0.2) is 0 Å². The summed E-state index contributed by atoms with van der Waals surface area (Å²) in [4.78, 5) is 4.26.